The van der Waals surface area contributed by atoms with Gasteiger partial charge in [0.25, 0.3) is 0 Å². The third-order valence-electron chi connectivity index (χ3n) is 2.55. The van der Waals surface area contributed by atoms with Crippen molar-refractivity contribution in [3.8, 4) is 0 Å². The number of hydrogen-bond acceptors (Lipinski definition) is 1. The van der Waals surface area contributed by atoms with E-state index in [2.05, 4.69) is 39.1 Å². The van der Waals surface area contributed by atoms with Gasteiger partial charge in [-0.05, 0) is 45.6 Å². The fraction of sp³-hybridized carbons (Fsp3) is 0.357. The van der Waals surface area contributed by atoms with Crippen molar-refractivity contribution in [3.63, 3.8) is 0 Å². The molecule has 0 amide bonds. The van der Waals surface area contributed by atoms with Crippen LogP contribution < -0.4 is 0 Å². The average Bonchev–Trinajstić information content (AvgIpc) is 2.27. The topological polar surface area (TPSA) is 12.4 Å². The standard InChI is InChI=1S/C14H21N/c1-7-11(3)9-10-14(15-6)13(5)12(4)8-2/h7,9-10H,1,6,8H2,2-5H3. The Hall–Kier alpha value is -1.37. The lowest BCUT2D eigenvalue weighted by Gasteiger charge is -2.05. The molecular weight excluding hydrogens is 182 g/mol. The van der Waals surface area contributed by atoms with Crippen molar-refractivity contribution in [3.05, 3.63) is 47.2 Å². The first-order valence-corrected chi connectivity index (χ1v) is 5.21. The second-order valence-electron chi connectivity index (χ2n) is 3.58. The largest absolute Gasteiger partial charge is 0.264 e. The summed E-state index contributed by atoms with van der Waals surface area (Å²) in [6, 6.07) is 0. The van der Waals surface area contributed by atoms with Crippen molar-refractivity contribution < 1.29 is 0 Å². The average molecular weight is 203 g/mol. The predicted octanol–water partition coefficient (Wildman–Crippen LogP) is 4.45. The number of nitrogens with zero attached hydrogens (tertiary/aromatic N) is 1. The Kier molecular flexibility index (Phi) is 6.35. The molecule has 0 N–H and O–H groups in total. The molecule has 0 bridgehead atoms. The van der Waals surface area contributed by atoms with E-state index < -0.39 is 0 Å². The van der Waals surface area contributed by atoms with Gasteiger partial charge in [-0.15, -0.1) is 0 Å². The summed E-state index contributed by atoms with van der Waals surface area (Å²) >= 11 is 0. The monoisotopic (exact) mass is 203 g/mol. The summed E-state index contributed by atoms with van der Waals surface area (Å²) in [5, 5.41) is 0. The molecule has 0 aromatic heterocycles. The molecule has 0 atom stereocenters. The van der Waals surface area contributed by atoms with E-state index in [-0.39, 0.29) is 0 Å². The van der Waals surface area contributed by atoms with Crippen molar-refractivity contribution in [2.75, 3.05) is 0 Å². The van der Waals surface area contributed by atoms with E-state index >= 15 is 0 Å². The lowest BCUT2D eigenvalue weighted by Crippen LogP contribution is -1.86. The van der Waals surface area contributed by atoms with Gasteiger partial charge < -0.3 is 0 Å². The summed E-state index contributed by atoms with van der Waals surface area (Å²) in [5.74, 6) is 0. The smallest absolute Gasteiger partial charge is 0.0651 e. The van der Waals surface area contributed by atoms with E-state index in [0.717, 1.165) is 17.7 Å². The number of rotatable bonds is 5. The predicted molar refractivity (Wildman–Crippen MR) is 70.3 cm³/mol. The zero-order valence-electron chi connectivity index (χ0n) is 10.3. The van der Waals surface area contributed by atoms with Gasteiger partial charge in [-0.25, -0.2) is 0 Å². The summed E-state index contributed by atoms with van der Waals surface area (Å²) in [6.45, 7) is 15.7. The molecule has 15 heavy (non-hydrogen) atoms. The fourth-order valence-corrected chi connectivity index (χ4v) is 1.06. The molecule has 1 heteroatoms. The Morgan fingerprint density at radius 2 is 1.80 bits per heavy atom. The molecule has 0 aliphatic carbocycles. The van der Waals surface area contributed by atoms with Gasteiger partial charge in [-0.1, -0.05) is 36.8 Å². The van der Waals surface area contributed by atoms with E-state index in [1.165, 1.54) is 11.1 Å². The highest BCUT2D eigenvalue weighted by atomic mass is 14.7. The van der Waals surface area contributed by atoms with E-state index in [1.807, 2.05) is 25.2 Å². The van der Waals surface area contributed by atoms with Crippen molar-refractivity contribution >= 4 is 6.72 Å². The van der Waals surface area contributed by atoms with Crippen LogP contribution in [0.15, 0.2) is 52.2 Å². The summed E-state index contributed by atoms with van der Waals surface area (Å²) in [6.07, 6.45) is 6.85. The third-order valence-corrected chi connectivity index (χ3v) is 2.55. The Balaban J connectivity index is 5.09. The van der Waals surface area contributed by atoms with Crippen molar-refractivity contribution in [2.45, 2.75) is 34.1 Å². The van der Waals surface area contributed by atoms with E-state index in [0.29, 0.717) is 0 Å². The quantitative estimate of drug-likeness (QED) is 0.462. The molecule has 0 aromatic carbocycles. The Bertz CT molecular complexity index is 327. The van der Waals surface area contributed by atoms with Crippen LogP contribution in [-0.4, -0.2) is 6.72 Å². The lowest BCUT2D eigenvalue weighted by molar-refractivity contribution is 1.05. The first-order chi connectivity index (χ1) is 7.06. The highest BCUT2D eigenvalue weighted by Crippen LogP contribution is 2.17. The first kappa shape index (κ1) is 13.6. The van der Waals surface area contributed by atoms with E-state index in [1.54, 1.807) is 0 Å². The molecule has 0 rings (SSSR count). The molecule has 82 valence electrons. The highest BCUT2D eigenvalue weighted by Gasteiger charge is 1.99. The fourth-order valence-electron chi connectivity index (χ4n) is 1.06. The minimum Gasteiger partial charge on any atom is -0.264 e. The van der Waals surface area contributed by atoms with Crippen LogP contribution >= 0.6 is 0 Å². The maximum Gasteiger partial charge on any atom is 0.0651 e. The van der Waals surface area contributed by atoms with Gasteiger partial charge in [0.15, 0.2) is 0 Å². The Morgan fingerprint density at radius 3 is 2.20 bits per heavy atom. The molecule has 0 heterocycles. The minimum atomic E-state index is 0.940. The van der Waals surface area contributed by atoms with E-state index in [4.69, 9.17) is 0 Å². The second-order valence-corrected chi connectivity index (χ2v) is 3.58. The van der Waals surface area contributed by atoms with Gasteiger partial charge in [-0.2, -0.15) is 0 Å². The summed E-state index contributed by atoms with van der Waals surface area (Å²) in [5.41, 5.74) is 4.62. The minimum absolute atomic E-state index is 0.940. The van der Waals surface area contributed by atoms with Crippen LogP contribution in [0.2, 0.25) is 0 Å². The summed E-state index contributed by atoms with van der Waals surface area (Å²) < 4.78 is 0. The normalized spacial score (nSPS) is 14.7. The molecule has 0 spiro atoms. The van der Waals surface area contributed by atoms with Gasteiger partial charge in [0, 0.05) is 0 Å². The molecule has 0 aliphatic heterocycles. The van der Waals surface area contributed by atoms with Crippen molar-refractivity contribution in [2.24, 2.45) is 4.99 Å². The number of allylic oxidation sites excluding steroid dienone is 6. The highest BCUT2D eigenvalue weighted by molar-refractivity contribution is 5.42. The molecule has 0 saturated heterocycles. The summed E-state index contributed by atoms with van der Waals surface area (Å²) in [4.78, 5) is 4.04. The van der Waals surface area contributed by atoms with Gasteiger partial charge in [0.05, 0.1) is 5.70 Å². The Morgan fingerprint density at radius 1 is 1.20 bits per heavy atom. The maximum absolute atomic E-state index is 4.04. The number of hydrogen-bond donors (Lipinski definition) is 0. The van der Waals surface area contributed by atoms with Gasteiger partial charge >= 0.3 is 0 Å². The van der Waals surface area contributed by atoms with Gasteiger partial charge in [-0.3, -0.25) is 4.99 Å². The number of aliphatic imine (C=N–C) groups is 1. The van der Waals surface area contributed by atoms with Crippen LogP contribution in [-0.2, 0) is 0 Å². The van der Waals surface area contributed by atoms with Crippen LogP contribution in [0.4, 0.5) is 0 Å². The summed E-state index contributed by atoms with van der Waals surface area (Å²) in [7, 11) is 0. The van der Waals surface area contributed by atoms with E-state index in [9.17, 15) is 0 Å². The molecule has 0 radical (unpaired) electrons. The second kappa shape index (κ2) is 6.99. The maximum atomic E-state index is 4.04. The molecule has 0 aromatic rings. The molecule has 0 fully saturated rings. The van der Waals surface area contributed by atoms with Gasteiger partial charge in [0.2, 0.25) is 0 Å². The lowest BCUT2D eigenvalue weighted by atomic mass is 10.1. The molecule has 0 unspecified atom stereocenters. The van der Waals surface area contributed by atoms with Crippen LogP contribution in [0.3, 0.4) is 0 Å². The molecule has 1 nitrogen and oxygen atoms in total. The molecule has 0 aliphatic rings. The SMILES string of the molecule is C=CC(C)=CC=C(N=C)C(C)=C(C)CC. The molecular formula is C14H21N. The zero-order chi connectivity index (χ0) is 11.8. The van der Waals surface area contributed by atoms with Crippen molar-refractivity contribution in [1.82, 2.24) is 0 Å². The van der Waals surface area contributed by atoms with Crippen molar-refractivity contribution in [1.29, 1.82) is 0 Å². The first-order valence-electron chi connectivity index (χ1n) is 5.21. The zero-order valence-corrected chi connectivity index (χ0v) is 10.3. The molecule has 0 saturated carbocycles. The van der Waals surface area contributed by atoms with Crippen LogP contribution in [0.25, 0.3) is 0 Å². The van der Waals surface area contributed by atoms with Crippen LogP contribution in [0, 0.1) is 0 Å². The van der Waals surface area contributed by atoms with Crippen LogP contribution in [0.1, 0.15) is 34.1 Å². The Labute approximate surface area is 93.6 Å². The van der Waals surface area contributed by atoms with Crippen LogP contribution in [0.5, 0.6) is 0 Å². The van der Waals surface area contributed by atoms with Gasteiger partial charge in [0.1, 0.15) is 0 Å². The third kappa shape index (κ3) is 4.59.